The minimum absolute atomic E-state index is 0.132. The van der Waals surface area contributed by atoms with E-state index >= 15 is 0 Å². The highest BCUT2D eigenvalue weighted by Gasteiger charge is 2.23. The van der Waals surface area contributed by atoms with Crippen LogP contribution >= 0.6 is 0 Å². The third-order valence-corrected chi connectivity index (χ3v) is 2.87. The van der Waals surface area contributed by atoms with Crippen molar-refractivity contribution in [2.45, 2.75) is 20.3 Å². The van der Waals surface area contributed by atoms with Gasteiger partial charge in [0.15, 0.2) is 5.78 Å². The summed E-state index contributed by atoms with van der Waals surface area (Å²) < 4.78 is 1.65. The molecule has 92 valence electrons. The molecule has 18 heavy (non-hydrogen) atoms. The minimum atomic E-state index is -0.585. The van der Waals surface area contributed by atoms with Gasteiger partial charge in [0.25, 0.3) is 0 Å². The standard InChI is InChI=1S/C14H15N3O/c1-10(2)7-11(8-15)14(18)12-9-16-17-6-4-3-5-13(12)17/h3-6,9-11H,7H2,1-2H3. The molecule has 0 aliphatic carbocycles. The van der Waals surface area contributed by atoms with Crippen molar-refractivity contribution < 1.29 is 4.79 Å². The van der Waals surface area contributed by atoms with Crippen LogP contribution in [0.15, 0.2) is 30.6 Å². The van der Waals surface area contributed by atoms with Crippen LogP contribution in [-0.2, 0) is 0 Å². The van der Waals surface area contributed by atoms with E-state index in [-0.39, 0.29) is 5.78 Å². The summed E-state index contributed by atoms with van der Waals surface area (Å²) >= 11 is 0. The summed E-state index contributed by atoms with van der Waals surface area (Å²) in [5, 5.41) is 13.2. The number of hydrogen-bond donors (Lipinski definition) is 0. The first-order valence-corrected chi connectivity index (χ1v) is 5.99. The number of aromatic nitrogens is 2. The molecule has 0 radical (unpaired) electrons. The van der Waals surface area contributed by atoms with Crippen molar-refractivity contribution in [3.05, 3.63) is 36.2 Å². The summed E-state index contributed by atoms with van der Waals surface area (Å²) in [6.07, 6.45) is 3.91. The first-order chi connectivity index (χ1) is 8.63. The molecule has 0 amide bonds. The zero-order chi connectivity index (χ0) is 13.1. The van der Waals surface area contributed by atoms with Gasteiger partial charge < -0.3 is 0 Å². The molecule has 2 aromatic heterocycles. The first-order valence-electron chi connectivity index (χ1n) is 5.99. The number of nitriles is 1. The van der Waals surface area contributed by atoms with Crippen LogP contribution in [0.5, 0.6) is 0 Å². The van der Waals surface area contributed by atoms with Gasteiger partial charge in [0.2, 0.25) is 0 Å². The van der Waals surface area contributed by atoms with Crippen molar-refractivity contribution in [2.75, 3.05) is 0 Å². The molecule has 0 aromatic carbocycles. The van der Waals surface area contributed by atoms with E-state index in [1.807, 2.05) is 32.0 Å². The zero-order valence-corrected chi connectivity index (χ0v) is 10.5. The number of rotatable bonds is 4. The molecule has 0 aliphatic rings. The zero-order valence-electron chi connectivity index (χ0n) is 10.5. The van der Waals surface area contributed by atoms with Crippen molar-refractivity contribution in [3.63, 3.8) is 0 Å². The summed E-state index contributed by atoms with van der Waals surface area (Å²) in [5.74, 6) is -0.397. The maximum Gasteiger partial charge on any atom is 0.183 e. The smallest absolute Gasteiger partial charge is 0.183 e. The Hall–Kier alpha value is -2.15. The number of carbonyl (C=O) groups excluding carboxylic acids is 1. The third kappa shape index (κ3) is 2.25. The average Bonchev–Trinajstić information content (AvgIpc) is 2.78. The van der Waals surface area contributed by atoms with Crippen LogP contribution in [0.3, 0.4) is 0 Å². The second kappa shape index (κ2) is 5.01. The molecule has 0 aliphatic heterocycles. The van der Waals surface area contributed by atoms with Crippen LogP contribution in [0.2, 0.25) is 0 Å². The van der Waals surface area contributed by atoms with Gasteiger partial charge in [0.05, 0.1) is 23.3 Å². The molecule has 2 heterocycles. The molecule has 0 saturated carbocycles. The summed E-state index contributed by atoms with van der Waals surface area (Å²) in [7, 11) is 0. The number of hydrogen-bond acceptors (Lipinski definition) is 3. The highest BCUT2D eigenvalue weighted by Crippen LogP contribution is 2.19. The van der Waals surface area contributed by atoms with E-state index in [0.29, 0.717) is 17.9 Å². The normalized spacial score (nSPS) is 12.6. The van der Waals surface area contributed by atoms with Gasteiger partial charge in [0, 0.05) is 6.20 Å². The Kier molecular flexibility index (Phi) is 3.42. The fourth-order valence-electron chi connectivity index (χ4n) is 2.00. The third-order valence-electron chi connectivity index (χ3n) is 2.87. The fourth-order valence-corrected chi connectivity index (χ4v) is 2.00. The Balaban J connectivity index is 2.36. The van der Waals surface area contributed by atoms with Gasteiger partial charge in [0.1, 0.15) is 5.92 Å². The fraction of sp³-hybridized carbons (Fsp3) is 0.357. The molecular weight excluding hydrogens is 226 g/mol. The molecule has 0 bridgehead atoms. The van der Waals surface area contributed by atoms with E-state index < -0.39 is 5.92 Å². The number of pyridine rings is 1. The van der Waals surface area contributed by atoms with E-state index in [2.05, 4.69) is 11.2 Å². The van der Waals surface area contributed by atoms with Crippen molar-refractivity contribution in [1.82, 2.24) is 9.61 Å². The van der Waals surface area contributed by atoms with Gasteiger partial charge in [-0.1, -0.05) is 19.9 Å². The molecule has 0 saturated heterocycles. The summed E-state index contributed by atoms with van der Waals surface area (Å²) in [5.41, 5.74) is 1.29. The molecule has 4 nitrogen and oxygen atoms in total. The predicted octanol–water partition coefficient (Wildman–Crippen LogP) is 2.70. The molecule has 4 heteroatoms. The molecule has 0 fully saturated rings. The number of carbonyl (C=O) groups is 1. The van der Waals surface area contributed by atoms with Gasteiger partial charge in [-0.3, -0.25) is 4.79 Å². The van der Waals surface area contributed by atoms with Crippen LogP contribution in [0.25, 0.3) is 5.52 Å². The summed E-state index contributed by atoms with van der Waals surface area (Å²) in [6, 6.07) is 7.65. The number of ketones is 1. The van der Waals surface area contributed by atoms with Gasteiger partial charge >= 0.3 is 0 Å². The Morgan fingerprint density at radius 3 is 2.94 bits per heavy atom. The van der Waals surface area contributed by atoms with Crippen molar-refractivity contribution in [1.29, 1.82) is 5.26 Å². The van der Waals surface area contributed by atoms with Gasteiger partial charge in [-0.25, -0.2) is 4.52 Å². The molecule has 0 spiro atoms. The van der Waals surface area contributed by atoms with E-state index in [4.69, 9.17) is 5.26 Å². The molecular formula is C14H15N3O. The Bertz CT molecular complexity index is 607. The van der Waals surface area contributed by atoms with Crippen LogP contribution < -0.4 is 0 Å². The second-order valence-electron chi connectivity index (χ2n) is 4.76. The van der Waals surface area contributed by atoms with E-state index in [0.717, 1.165) is 5.52 Å². The lowest BCUT2D eigenvalue weighted by molar-refractivity contribution is 0.0938. The van der Waals surface area contributed by atoms with Crippen molar-refractivity contribution >= 4 is 11.3 Å². The highest BCUT2D eigenvalue weighted by atomic mass is 16.1. The molecule has 0 N–H and O–H groups in total. The Morgan fingerprint density at radius 1 is 1.50 bits per heavy atom. The Labute approximate surface area is 106 Å². The van der Waals surface area contributed by atoms with E-state index in [1.165, 1.54) is 0 Å². The average molecular weight is 241 g/mol. The SMILES string of the molecule is CC(C)CC(C#N)C(=O)c1cnn2ccccc12. The lowest BCUT2D eigenvalue weighted by Crippen LogP contribution is -2.15. The molecule has 1 atom stereocenters. The van der Waals surface area contributed by atoms with E-state index in [1.54, 1.807) is 16.9 Å². The van der Waals surface area contributed by atoms with Crippen molar-refractivity contribution in [3.8, 4) is 6.07 Å². The number of nitrogens with zero attached hydrogens (tertiary/aromatic N) is 3. The molecule has 1 unspecified atom stereocenters. The van der Waals surface area contributed by atoms with Crippen LogP contribution in [0.4, 0.5) is 0 Å². The predicted molar refractivity (Wildman–Crippen MR) is 68.1 cm³/mol. The van der Waals surface area contributed by atoms with Crippen LogP contribution in [0, 0.1) is 23.2 Å². The van der Waals surface area contributed by atoms with Crippen molar-refractivity contribution in [2.24, 2.45) is 11.8 Å². The minimum Gasteiger partial charge on any atom is -0.293 e. The topological polar surface area (TPSA) is 58.2 Å². The summed E-state index contributed by atoms with van der Waals surface area (Å²) in [4.78, 5) is 12.3. The second-order valence-corrected chi connectivity index (χ2v) is 4.76. The maximum atomic E-state index is 12.3. The quantitative estimate of drug-likeness (QED) is 0.773. The summed E-state index contributed by atoms with van der Waals surface area (Å²) in [6.45, 7) is 4.02. The maximum absolute atomic E-state index is 12.3. The van der Waals surface area contributed by atoms with Gasteiger partial charge in [-0.2, -0.15) is 10.4 Å². The first kappa shape index (κ1) is 12.3. The van der Waals surface area contributed by atoms with Crippen LogP contribution in [0.1, 0.15) is 30.6 Å². The monoisotopic (exact) mass is 241 g/mol. The molecule has 2 aromatic rings. The lowest BCUT2D eigenvalue weighted by Gasteiger charge is -2.09. The largest absolute Gasteiger partial charge is 0.293 e. The van der Waals surface area contributed by atoms with E-state index in [9.17, 15) is 4.79 Å². The molecule has 2 rings (SSSR count). The number of fused-ring (bicyclic) bond motifs is 1. The lowest BCUT2D eigenvalue weighted by atomic mass is 9.91. The number of Topliss-reactive ketones (excluding diaryl/α,β-unsaturated/α-hetero) is 1. The van der Waals surface area contributed by atoms with Gasteiger partial charge in [-0.05, 0) is 24.5 Å². The highest BCUT2D eigenvalue weighted by molar-refractivity contribution is 6.04. The van der Waals surface area contributed by atoms with Crippen LogP contribution in [-0.4, -0.2) is 15.4 Å². The van der Waals surface area contributed by atoms with Gasteiger partial charge in [-0.15, -0.1) is 0 Å². The Morgan fingerprint density at radius 2 is 2.28 bits per heavy atom.